The molecule has 0 spiro atoms. The lowest BCUT2D eigenvalue weighted by atomic mass is 10.4. The smallest absolute Gasteiger partial charge is 0.279 e. The second-order valence-corrected chi connectivity index (χ2v) is 5.48. The zero-order valence-corrected chi connectivity index (χ0v) is 9.60. The fourth-order valence-electron chi connectivity index (χ4n) is 1.43. The summed E-state index contributed by atoms with van der Waals surface area (Å²) in [6, 6.07) is -0.0452. The summed E-state index contributed by atoms with van der Waals surface area (Å²) in [5, 5.41) is 3.17. The minimum Gasteiger partial charge on any atom is -0.315 e. The molecular formula is C8H19N3O2S. The first-order valence-electron chi connectivity index (χ1n) is 5.00. The van der Waals surface area contributed by atoms with Crippen LogP contribution in [0.15, 0.2) is 0 Å². The van der Waals surface area contributed by atoms with Crippen molar-refractivity contribution in [3.8, 4) is 0 Å². The molecule has 1 heterocycles. The number of nitrogens with one attached hydrogen (secondary N) is 2. The van der Waals surface area contributed by atoms with Crippen molar-refractivity contribution < 1.29 is 8.42 Å². The van der Waals surface area contributed by atoms with Crippen molar-refractivity contribution in [2.45, 2.75) is 26.3 Å². The van der Waals surface area contributed by atoms with Crippen LogP contribution in [0.5, 0.6) is 0 Å². The highest BCUT2D eigenvalue weighted by atomic mass is 32.2. The van der Waals surface area contributed by atoms with Gasteiger partial charge in [-0.25, -0.2) is 0 Å². The van der Waals surface area contributed by atoms with Gasteiger partial charge in [0.15, 0.2) is 0 Å². The summed E-state index contributed by atoms with van der Waals surface area (Å²) in [4.78, 5) is 0. The molecule has 0 atom stereocenters. The molecule has 0 unspecified atom stereocenters. The highest BCUT2D eigenvalue weighted by molar-refractivity contribution is 7.87. The van der Waals surface area contributed by atoms with Crippen LogP contribution in [-0.2, 0) is 10.2 Å². The molecule has 14 heavy (non-hydrogen) atoms. The number of hydrogen-bond acceptors (Lipinski definition) is 3. The van der Waals surface area contributed by atoms with E-state index in [1.807, 2.05) is 13.8 Å². The summed E-state index contributed by atoms with van der Waals surface area (Å²) in [7, 11) is -3.26. The van der Waals surface area contributed by atoms with Crippen LogP contribution in [0.2, 0.25) is 0 Å². The second kappa shape index (κ2) is 5.06. The Balaban J connectivity index is 2.60. The SMILES string of the molecule is CC(C)NS(=O)(=O)N1CCCNCC1. The van der Waals surface area contributed by atoms with E-state index in [-0.39, 0.29) is 6.04 Å². The summed E-state index contributed by atoms with van der Waals surface area (Å²) < 4.78 is 27.6. The van der Waals surface area contributed by atoms with Crippen LogP contribution in [0.25, 0.3) is 0 Å². The number of nitrogens with zero attached hydrogens (tertiary/aromatic N) is 1. The molecule has 0 aromatic rings. The lowest BCUT2D eigenvalue weighted by Gasteiger charge is -2.21. The Hall–Kier alpha value is -0.170. The van der Waals surface area contributed by atoms with Gasteiger partial charge in [-0.05, 0) is 26.8 Å². The molecule has 1 rings (SSSR count). The highest BCUT2D eigenvalue weighted by Crippen LogP contribution is 2.02. The minimum atomic E-state index is -3.26. The Kier molecular flexibility index (Phi) is 4.31. The fourth-order valence-corrected chi connectivity index (χ4v) is 2.88. The van der Waals surface area contributed by atoms with Crippen LogP contribution < -0.4 is 10.0 Å². The topological polar surface area (TPSA) is 61.4 Å². The van der Waals surface area contributed by atoms with Gasteiger partial charge in [-0.2, -0.15) is 17.4 Å². The molecular weight excluding hydrogens is 202 g/mol. The number of hydrogen-bond donors (Lipinski definition) is 2. The Bertz CT molecular complexity index is 256. The maximum absolute atomic E-state index is 11.7. The quantitative estimate of drug-likeness (QED) is 0.677. The Morgan fingerprint density at radius 3 is 2.64 bits per heavy atom. The fraction of sp³-hybridized carbons (Fsp3) is 1.00. The summed E-state index contributed by atoms with van der Waals surface area (Å²) >= 11 is 0. The molecule has 2 N–H and O–H groups in total. The molecule has 0 radical (unpaired) electrons. The van der Waals surface area contributed by atoms with Gasteiger partial charge in [-0.1, -0.05) is 0 Å². The van der Waals surface area contributed by atoms with Crippen molar-refractivity contribution in [2.24, 2.45) is 0 Å². The Morgan fingerprint density at radius 2 is 2.00 bits per heavy atom. The predicted octanol–water partition coefficient (Wildman–Crippen LogP) is -0.475. The van der Waals surface area contributed by atoms with E-state index in [1.54, 1.807) is 0 Å². The van der Waals surface area contributed by atoms with Crippen LogP contribution in [0.1, 0.15) is 20.3 Å². The molecule has 0 bridgehead atoms. The molecule has 0 aromatic heterocycles. The Morgan fingerprint density at radius 1 is 1.29 bits per heavy atom. The van der Waals surface area contributed by atoms with Crippen LogP contribution in [-0.4, -0.2) is 44.9 Å². The van der Waals surface area contributed by atoms with E-state index in [1.165, 1.54) is 4.31 Å². The monoisotopic (exact) mass is 221 g/mol. The largest absolute Gasteiger partial charge is 0.315 e. The highest BCUT2D eigenvalue weighted by Gasteiger charge is 2.22. The zero-order valence-electron chi connectivity index (χ0n) is 8.78. The van der Waals surface area contributed by atoms with Gasteiger partial charge in [0.1, 0.15) is 0 Å². The third kappa shape index (κ3) is 3.53. The lowest BCUT2D eigenvalue weighted by molar-refractivity contribution is 0.418. The van der Waals surface area contributed by atoms with E-state index in [0.717, 1.165) is 19.5 Å². The zero-order chi connectivity index (χ0) is 10.6. The van der Waals surface area contributed by atoms with Crippen molar-refractivity contribution in [2.75, 3.05) is 26.2 Å². The summed E-state index contributed by atoms with van der Waals surface area (Å²) in [6.07, 6.45) is 0.874. The Labute approximate surface area is 86.0 Å². The average Bonchev–Trinajstić information content (AvgIpc) is 2.28. The second-order valence-electron chi connectivity index (χ2n) is 3.78. The standard InChI is InChI=1S/C8H19N3O2S/c1-8(2)10-14(12,13)11-6-3-4-9-5-7-11/h8-10H,3-7H2,1-2H3. The maximum atomic E-state index is 11.7. The third-order valence-corrected chi connectivity index (χ3v) is 3.84. The molecule has 0 aromatic carbocycles. The molecule has 1 aliphatic rings. The first-order chi connectivity index (χ1) is 6.52. The minimum absolute atomic E-state index is 0.0452. The van der Waals surface area contributed by atoms with Gasteiger partial charge in [0, 0.05) is 25.7 Å². The molecule has 84 valence electrons. The third-order valence-electron chi connectivity index (χ3n) is 2.02. The average molecular weight is 221 g/mol. The molecule has 0 amide bonds. The van der Waals surface area contributed by atoms with Crippen molar-refractivity contribution in [3.05, 3.63) is 0 Å². The van der Waals surface area contributed by atoms with E-state index in [4.69, 9.17) is 0 Å². The van der Waals surface area contributed by atoms with Gasteiger partial charge in [-0.3, -0.25) is 0 Å². The molecule has 6 heteroatoms. The van der Waals surface area contributed by atoms with Gasteiger partial charge >= 0.3 is 0 Å². The normalized spacial score (nSPS) is 21.1. The van der Waals surface area contributed by atoms with Crippen molar-refractivity contribution in [1.82, 2.24) is 14.3 Å². The van der Waals surface area contributed by atoms with Crippen molar-refractivity contribution in [1.29, 1.82) is 0 Å². The molecule has 1 fully saturated rings. The predicted molar refractivity (Wildman–Crippen MR) is 56.3 cm³/mol. The summed E-state index contributed by atoms with van der Waals surface area (Å²) in [6.45, 7) is 6.45. The van der Waals surface area contributed by atoms with Crippen LogP contribution >= 0.6 is 0 Å². The van der Waals surface area contributed by atoms with E-state index < -0.39 is 10.2 Å². The van der Waals surface area contributed by atoms with Crippen molar-refractivity contribution >= 4 is 10.2 Å². The number of rotatable bonds is 3. The van der Waals surface area contributed by atoms with Gasteiger partial charge in [0.25, 0.3) is 10.2 Å². The first-order valence-corrected chi connectivity index (χ1v) is 6.44. The lowest BCUT2D eigenvalue weighted by Crippen LogP contribution is -2.44. The molecule has 5 nitrogen and oxygen atoms in total. The summed E-state index contributed by atoms with van der Waals surface area (Å²) in [5.41, 5.74) is 0. The summed E-state index contributed by atoms with van der Waals surface area (Å²) in [5.74, 6) is 0. The first kappa shape index (κ1) is 11.9. The maximum Gasteiger partial charge on any atom is 0.279 e. The van der Waals surface area contributed by atoms with E-state index in [2.05, 4.69) is 10.0 Å². The van der Waals surface area contributed by atoms with E-state index in [0.29, 0.717) is 13.1 Å². The molecule has 1 saturated heterocycles. The van der Waals surface area contributed by atoms with Crippen LogP contribution in [0.3, 0.4) is 0 Å². The van der Waals surface area contributed by atoms with Crippen LogP contribution in [0, 0.1) is 0 Å². The molecule has 1 aliphatic heterocycles. The van der Waals surface area contributed by atoms with E-state index in [9.17, 15) is 8.42 Å². The van der Waals surface area contributed by atoms with Gasteiger partial charge in [0.2, 0.25) is 0 Å². The van der Waals surface area contributed by atoms with Gasteiger partial charge < -0.3 is 5.32 Å². The van der Waals surface area contributed by atoms with Gasteiger partial charge in [0.05, 0.1) is 0 Å². The van der Waals surface area contributed by atoms with Crippen LogP contribution in [0.4, 0.5) is 0 Å². The van der Waals surface area contributed by atoms with Gasteiger partial charge in [-0.15, -0.1) is 0 Å². The molecule has 0 saturated carbocycles. The van der Waals surface area contributed by atoms with E-state index >= 15 is 0 Å². The van der Waals surface area contributed by atoms with Crippen molar-refractivity contribution in [3.63, 3.8) is 0 Å². The molecule has 0 aliphatic carbocycles.